The molecule has 34 heavy (non-hydrogen) atoms. The smallest absolute Gasteiger partial charge is 0.326 e. The van der Waals surface area contributed by atoms with E-state index in [1.165, 1.54) is 0 Å². The molecule has 0 unspecified atom stereocenters. The molecule has 1 aliphatic heterocycles. The molecule has 1 saturated heterocycles. The van der Waals surface area contributed by atoms with Crippen molar-refractivity contribution < 1.29 is 14.4 Å². The zero-order valence-corrected chi connectivity index (χ0v) is 19.0. The second-order valence-electron chi connectivity index (χ2n) is 9.10. The van der Waals surface area contributed by atoms with Gasteiger partial charge in [0.25, 0.3) is 5.91 Å². The highest BCUT2D eigenvalue weighted by Crippen LogP contribution is 2.41. The predicted octanol–water partition coefficient (Wildman–Crippen LogP) is 4.06. The second kappa shape index (κ2) is 8.78. The van der Waals surface area contributed by atoms with Gasteiger partial charge in [0.2, 0.25) is 5.91 Å². The first-order valence-electron chi connectivity index (χ1n) is 11.6. The van der Waals surface area contributed by atoms with Gasteiger partial charge in [-0.25, -0.2) is 4.79 Å². The van der Waals surface area contributed by atoms with Crippen LogP contribution in [-0.4, -0.2) is 29.3 Å². The molecule has 1 atom stereocenters. The fourth-order valence-corrected chi connectivity index (χ4v) is 4.69. The fraction of sp³-hybridized carbons (Fsp3) is 0.250. The summed E-state index contributed by atoms with van der Waals surface area (Å²) in [5.41, 5.74) is 2.13. The first kappa shape index (κ1) is 21.9. The van der Waals surface area contributed by atoms with E-state index in [1.54, 1.807) is 0 Å². The van der Waals surface area contributed by atoms with Gasteiger partial charge in [-0.05, 0) is 42.4 Å². The van der Waals surface area contributed by atoms with E-state index in [0.29, 0.717) is 17.0 Å². The van der Waals surface area contributed by atoms with E-state index >= 15 is 0 Å². The van der Waals surface area contributed by atoms with Crippen molar-refractivity contribution in [3.05, 3.63) is 107 Å². The molecule has 4 amide bonds. The average Bonchev–Trinajstić information content (AvgIpc) is 3.67. The summed E-state index contributed by atoms with van der Waals surface area (Å²) in [6.45, 7) is 1.69. The van der Waals surface area contributed by atoms with E-state index in [9.17, 15) is 14.4 Å². The summed E-state index contributed by atoms with van der Waals surface area (Å²) in [4.78, 5) is 40.9. The average molecular weight is 454 g/mol. The maximum Gasteiger partial charge on any atom is 0.326 e. The summed E-state index contributed by atoms with van der Waals surface area (Å²) < 4.78 is 0. The van der Waals surface area contributed by atoms with Crippen LogP contribution in [0.5, 0.6) is 0 Å². The SMILES string of the molecule is Cc1ccc([C@H](NC(=O)CN2C(=O)NC(c3ccccc3)(c3ccccc3)C2=O)C2CC2)cc1. The van der Waals surface area contributed by atoms with Gasteiger partial charge in [0.15, 0.2) is 5.54 Å². The Morgan fingerprint density at radius 2 is 1.50 bits per heavy atom. The Balaban J connectivity index is 1.40. The molecular weight excluding hydrogens is 426 g/mol. The van der Waals surface area contributed by atoms with E-state index in [0.717, 1.165) is 28.9 Å². The Labute approximate surface area is 199 Å². The number of rotatable bonds is 7. The summed E-state index contributed by atoms with van der Waals surface area (Å²) in [7, 11) is 0. The van der Waals surface area contributed by atoms with Crippen molar-refractivity contribution in [3.63, 3.8) is 0 Å². The highest BCUT2D eigenvalue weighted by Gasteiger charge is 2.54. The molecule has 0 aromatic heterocycles. The lowest BCUT2D eigenvalue weighted by molar-refractivity contribution is -0.134. The summed E-state index contributed by atoms with van der Waals surface area (Å²) in [6, 6.07) is 25.7. The van der Waals surface area contributed by atoms with Gasteiger partial charge in [-0.2, -0.15) is 0 Å². The minimum atomic E-state index is -1.37. The van der Waals surface area contributed by atoms with E-state index in [-0.39, 0.29) is 18.5 Å². The van der Waals surface area contributed by atoms with Crippen molar-refractivity contribution in [3.8, 4) is 0 Å². The second-order valence-corrected chi connectivity index (χ2v) is 9.10. The molecule has 0 spiro atoms. The first-order chi connectivity index (χ1) is 16.5. The third kappa shape index (κ3) is 3.96. The summed E-state index contributed by atoms with van der Waals surface area (Å²) in [5, 5.41) is 5.97. The minimum absolute atomic E-state index is 0.123. The molecule has 2 aliphatic rings. The monoisotopic (exact) mass is 453 g/mol. The predicted molar refractivity (Wildman–Crippen MR) is 129 cm³/mol. The standard InChI is InChI=1S/C28H27N3O3/c1-19-12-14-20(15-13-19)25(21-16-17-21)29-24(32)18-31-26(33)28(30-27(31)34,22-8-4-2-5-9-22)23-10-6-3-7-11-23/h2-15,21,25H,16-18H2,1H3,(H,29,32)(H,30,34)/t25-/m0/s1. The normalized spacial score (nSPS) is 17.9. The van der Waals surface area contributed by atoms with Gasteiger partial charge in [0.05, 0.1) is 6.04 Å². The Hall–Kier alpha value is -3.93. The molecule has 3 aromatic rings. The minimum Gasteiger partial charge on any atom is -0.347 e. The Bertz CT molecular complexity index is 1170. The van der Waals surface area contributed by atoms with Crippen LogP contribution in [0.15, 0.2) is 84.9 Å². The largest absolute Gasteiger partial charge is 0.347 e. The van der Waals surface area contributed by atoms with Crippen molar-refractivity contribution >= 4 is 17.8 Å². The number of aryl methyl sites for hydroxylation is 1. The van der Waals surface area contributed by atoms with E-state index < -0.39 is 17.5 Å². The molecule has 1 aliphatic carbocycles. The Kier molecular flexibility index (Phi) is 5.65. The van der Waals surface area contributed by atoms with Crippen molar-refractivity contribution in [1.29, 1.82) is 0 Å². The maximum absolute atomic E-state index is 13.8. The molecule has 6 heteroatoms. The van der Waals surface area contributed by atoms with E-state index in [1.807, 2.05) is 91.9 Å². The molecule has 2 N–H and O–H groups in total. The topological polar surface area (TPSA) is 78.5 Å². The van der Waals surface area contributed by atoms with Crippen LogP contribution in [0.3, 0.4) is 0 Å². The van der Waals surface area contributed by atoms with Crippen LogP contribution in [0.2, 0.25) is 0 Å². The van der Waals surface area contributed by atoms with Gasteiger partial charge in [0.1, 0.15) is 6.54 Å². The molecule has 172 valence electrons. The number of imide groups is 1. The number of hydrogen-bond donors (Lipinski definition) is 2. The van der Waals surface area contributed by atoms with Crippen LogP contribution in [0, 0.1) is 12.8 Å². The lowest BCUT2D eigenvalue weighted by Crippen LogP contribution is -2.46. The summed E-state index contributed by atoms with van der Waals surface area (Å²) >= 11 is 0. The van der Waals surface area contributed by atoms with Crippen LogP contribution in [0.1, 0.15) is 41.1 Å². The number of carbonyl (C=O) groups is 3. The van der Waals surface area contributed by atoms with Gasteiger partial charge in [-0.15, -0.1) is 0 Å². The van der Waals surface area contributed by atoms with Gasteiger partial charge >= 0.3 is 6.03 Å². The molecular formula is C28H27N3O3. The fourth-order valence-electron chi connectivity index (χ4n) is 4.69. The highest BCUT2D eigenvalue weighted by molar-refractivity contribution is 6.11. The Morgan fingerprint density at radius 1 is 0.941 bits per heavy atom. The zero-order valence-electron chi connectivity index (χ0n) is 19.0. The van der Waals surface area contributed by atoms with Crippen molar-refractivity contribution in [2.45, 2.75) is 31.3 Å². The molecule has 6 nitrogen and oxygen atoms in total. The third-order valence-electron chi connectivity index (χ3n) is 6.67. The van der Waals surface area contributed by atoms with Crippen molar-refractivity contribution in [2.24, 2.45) is 5.92 Å². The van der Waals surface area contributed by atoms with Crippen LogP contribution < -0.4 is 10.6 Å². The van der Waals surface area contributed by atoms with E-state index in [4.69, 9.17) is 0 Å². The van der Waals surface area contributed by atoms with Gasteiger partial charge in [0, 0.05) is 0 Å². The zero-order chi connectivity index (χ0) is 23.7. The molecule has 0 radical (unpaired) electrons. The van der Waals surface area contributed by atoms with Crippen LogP contribution in [0.4, 0.5) is 4.79 Å². The first-order valence-corrected chi connectivity index (χ1v) is 11.6. The number of nitrogens with one attached hydrogen (secondary N) is 2. The Morgan fingerprint density at radius 3 is 2.03 bits per heavy atom. The highest BCUT2D eigenvalue weighted by atomic mass is 16.2. The van der Waals surface area contributed by atoms with Crippen LogP contribution >= 0.6 is 0 Å². The lowest BCUT2D eigenvalue weighted by atomic mass is 9.82. The van der Waals surface area contributed by atoms with Crippen LogP contribution in [0.25, 0.3) is 0 Å². The quantitative estimate of drug-likeness (QED) is 0.530. The number of nitrogens with zero attached hydrogens (tertiary/aromatic N) is 1. The molecule has 0 bridgehead atoms. The number of amides is 4. The number of hydrogen-bond acceptors (Lipinski definition) is 3. The van der Waals surface area contributed by atoms with Gasteiger partial charge < -0.3 is 10.6 Å². The lowest BCUT2D eigenvalue weighted by Gasteiger charge is -2.28. The number of carbonyl (C=O) groups excluding carboxylic acids is 3. The van der Waals surface area contributed by atoms with Gasteiger partial charge in [-0.3, -0.25) is 14.5 Å². The van der Waals surface area contributed by atoms with Crippen molar-refractivity contribution in [1.82, 2.24) is 15.5 Å². The molecule has 5 rings (SSSR count). The van der Waals surface area contributed by atoms with E-state index in [2.05, 4.69) is 10.6 Å². The molecule has 2 fully saturated rings. The number of benzene rings is 3. The van der Waals surface area contributed by atoms with Crippen LogP contribution in [-0.2, 0) is 15.1 Å². The summed E-state index contributed by atoms with van der Waals surface area (Å²) in [5.74, 6) is -0.427. The third-order valence-corrected chi connectivity index (χ3v) is 6.67. The summed E-state index contributed by atoms with van der Waals surface area (Å²) in [6.07, 6.45) is 2.10. The molecule has 1 saturated carbocycles. The maximum atomic E-state index is 13.8. The molecule has 3 aromatic carbocycles. The number of urea groups is 1. The van der Waals surface area contributed by atoms with Crippen molar-refractivity contribution in [2.75, 3.05) is 6.54 Å². The van der Waals surface area contributed by atoms with Gasteiger partial charge in [-0.1, -0.05) is 90.5 Å². The molecule has 1 heterocycles.